The van der Waals surface area contributed by atoms with Crippen LogP contribution < -0.4 is 10.6 Å². The second kappa shape index (κ2) is 7.52. The smallest absolute Gasteiger partial charge is 0.272 e. The summed E-state index contributed by atoms with van der Waals surface area (Å²) in [5.41, 5.74) is 1.96. The van der Waals surface area contributed by atoms with E-state index in [1.165, 1.54) is 6.20 Å². The van der Waals surface area contributed by atoms with Gasteiger partial charge in [-0.15, -0.1) is 0 Å². The Kier molecular flexibility index (Phi) is 4.78. The normalized spacial score (nSPS) is 19.2. The Balaban J connectivity index is 1.36. The van der Waals surface area contributed by atoms with Crippen molar-refractivity contribution in [1.29, 1.82) is 0 Å². The number of aromatic nitrogens is 5. The Morgan fingerprint density at radius 3 is 2.81 bits per heavy atom. The number of hydrogen-bond acceptors (Lipinski definition) is 8. The highest BCUT2D eigenvalue weighted by molar-refractivity contribution is 6.99. The lowest BCUT2D eigenvalue weighted by atomic mass is 10.2. The molecule has 9 heteroatoms. The molecule has 132 valence electrons. The Bertz CT molecular complexity index is 872. The molecule has 0 aromatic carbocycles. The summed E-state index contributed by atoms with van der Waals surface area (Å²) in [7, 11) is 0. The summed E-state index contributed by atoms with van der Waals surface area (Å²) in [5, 5.41) is 6.37. The zero-order valence-electron chi connectivity index (χ0n) is 13.9. The van der Waals surface area contributed by atoms with Crippen molar-refractivity contribution in [3.8, 4) is 11.4 Å². The number of nitrogens with one attached hydrogen (secondary N) is 2. The molecule has 4 rings (SSSR count). The summed E-state index contributed by atoms with van der Waals surface area (Å²) >= 11 is 1.03. The number of rotatable bonds is 5. The minimum absolute atomic E-state index is 0.112. The van der Waals surface area contributed by atoms with Crippen LogP contribution in [-0.4, -0.2) is 41.7 Å². The molecule has 1 fully saturated rings. The van der Waals surface area contributed by atoms with Gasteiger partial charge in [0.25, 0.3) is 5.91 Å². The van der Waals surface area contributed by atoms with Gasteiger partial charge in [-0.05, 0) is 37.5 Å². The highest BCUT2D eigenvalue weighted by Crippen LogP contribution is 2.23. The van der Waals surface area contributed by atoms with E-state index < -0.39 is 0 Å². The average molecular weight is 367 g/mol. The van der Waals surface area contributed by atoms with Crippen LogP contribution in [0.5, 0.6) is 0 Å². The SMILES string of the molecule is O=C(N[C@H]1CC[C@H](Nc2nccc(-c3ccccn3)n2)C1)c1cnsn1. The molecule has 1 aliphatic rings. The fraction of sp³-hybridized carbons (Fsp3) is 0.294. The van der Waals surface area contributed by atoms with Crippen LogP contribution in [0.25, 0.3) is 11.4 Å². The van der Waals surface area contributed by atoms with Crippen molar-refractivity contribution >= 4 is 23.6 Å². The van der Waals surface area contributed by atoms with E-state index in [0.717, 1.165) is 42.4 Å². The fourth-order valence-corrected chi connectivity index (χ4v) is 3.45. The third kappa shape index (κ3) is 3.83. The van der Waals surface area contributed by atoms with Crippen molar-refractivity contribution in [2.75, 3.05) is 5.32 Å². The van der Waals surface area contributed by atoms with Crippen LogP contribution in [0.1, 0.15) is 29.8 Å². The van der Waals surface area contributed by atoms with Crippen LogP contribution in [0.4, 0.5) is 5.95 Å². The van der Waals surface area contributed by atoms with Gasteiger partial charge in [-0.1, -0.05) is 6.07 Å². The van der Waals surface area contributed by atoms with Crippen molar-refractivity contribution in [3.63, 3.8) is 0 Å². The number of carbonyl (C=O) groups is 1. The van der Waals surface area contributed by atoms with Crippen molar-refractivity contribution < 1.29 is 4.79 Å². The highest BCUT2D eigenvalue weighted by Gasteiger charge is 2.27. The first kappa shape index (κ1) is 16.5. The number of carbonyl (C=O) groups excluding carboxylic acids is 1. The van der Waals surface area contributed by atoms with Crippen molar-refractivity contribution in [2.45, 2.75) is 31.3 Å². The van der Waals surface area contributed by atoms with E-state index in [2.05, 4.69) is 34.3 Å². The van der Waals surface area contributed by atoms with Gasteiger partial charge in [-0.25, -0.2) is 9.97 Å². The van der Waals surface area contributed by atoms with E-state index >= 15 is 0 Å². The van der Waals surface area contributed by atoms with Gasteiger partial charge in [0, 0.05) is 24.5 Å². The highest BCUT2D eigenvalue weighted by atomic mass is 32.1. The van der Waals surface area contributed by atoms with E-state index in [0.29, 0.717) is 11.6 Å². The Morgan fingerprint density at radius 1 is 1.08 bits per heavy atom. The first-order valence-electron chi connectivity index (χ1n) is 8.37. The number of amides is 1. The molecule has 2 atom stereocenters. The molecule has 1 saturated carbocycles. The van der Waals surface area contributed by atoms with Crippen LogP contribution in [0.3, 0.4) is 0 Å². The van der Waals surface area contributed by atoms with Gasteiger partial charge >= 0.3 is 0 Å². The molecule has 3 aromatic rings. The lowest BCUT2D eigenvalue weighted by Gasteiger charge is -2.14. The summed E-state index contributed by atoms with van der Waals surface area (Å²) in [6, 6.07) is 7.89. The number of anilines is 1. The van der Waals surface area contributed by atoms with Crippen LogP contribution >= 0.6 is 11.7 Å². The fourth-order valence-electron chi connectivity index (χ4n) is 3.04. The topological polar surface area (TPSA) is 106 Å². The first-order valence-corrected chi connectivity index (χ1v) is 9.10. The second-order valence-corrected chi connectivity index (χ2v) is 6.65. The standard InChI is InChI=1S/C17H17N7OS/c25-16(15-10-20-26-24-15)21-11-4-5-12(9-11)22-17-19-8-6-14(23-17)13-3-1-2-7-18-13/h1-3,6-8,10-12H,4-5,9H2,(H,21,25)(H,19,22,23)/t11-,12-/m0/s1. The van der Waals surface area contributed by atoms with E-state index in [1.54, 1.807) is 12.4 Å². The molecule has 0 bridgehead atoms. The molecule has 0 aliphatic heterocycles. The van der Waals surface area contributed by atoms with Gasteiger partial charge in [-0.2, -0.15) is 8.75 Å². The maximum atomic E-state index is 12.1. The molecule has 0 spiro atoms. The maximum absolute atomic E-state index is 12.1. The van der Waals surface area contributed by atoms with Crippen molar-refractivity contribution in [3.05, 3.63) is 48.5 Å². The van der Waals surface area contributed by atoms with E-state index in [9.17, 15) is 4.79 Å². The molecule has 0 radical (unpaired) electrons. The lowest BCUT2D eigenvalue weighted by molar-refractivity contribution is 0.0933. The number of nitrogens with zero attached hydrogens (tertiary/aromatic N) is 5. The van der Waals surface area contributed by atoms with Gasteiger partial charge in [-0.3, -0.25) is 9.78 Å². The van der Waals surface area contributed by atoms with E-state index in [-0.39, 0.29) is 18.0 Å². The Hall–Kier alpha value is -2.94. The Morgan fingerprint density at radius 2 is 2.00 bits per heavy atom. The molecule has 26 heavy (non-hydrogen) atoms. The third-order valence-corrected chi connectivity index (χ3v) is 4.76. The van der Waals surface area contributed by atoms with Gasteiger partial charge in [0.05, 0.1) is 29.3 Å². The number of hydrogen-bond donors (Lipinski definition) is 2. The molecule has 1 amide bonds. The van der Waals surface area contributed by atoms with Crippen molar-refractivity contribution in [2.24, 2.45) is 0 Å². The zero-order valence-corrected chi connectivity index (χ0v) is 14.7. The number of pyridine rings is 1. The summed E-state index contributed by atoms with van der Waals surface area (Å²) in [6.45, 7) is 0. The first-order chi connectivity index (χ1) is 12.8. The van der Waals surface area contributed by atoms with E-state index in [1.807, 2.05) is 24.3 Å². The monoisotopic (exact) mass is 367 g/mol. The average Bonchev–Trinajstić information content (AvgIpc) is 3.35. The molecular formula is C17H17N7OS. The van der Waals surface area contributed by atoms with Crippen molar-refractivity contribution in [1.82, 2.24) is 29.0 Å². The predicted octanol–water partition coefficient (Wildman–Crippen LogP) is 2.15. The zero-order chi connectivity index (χ0) is 17.8. The van der Waals surface area contributed by atoms with Gasteiger partial charge < -0.3 is 10.6 Å². The summed E-state index contributed by atoms with van der Waals surface area (Å²) in [4.78, 5) is 25.2. The minimum atomic E-state index is -0.169. The summed E-state index contributed by atoms with van der Waals surface area (Å²) in [6.07, 6.45) is 7.62. The quantitative estimate of drug-likeness (QED) is 0.712. The predicted molar refractivity (Wildman–Crippen MR) is 97.7 cm³/mol. The van der Waals surface area contributed by atoms with Crippen LogP contribution in [0, 0.1) is 0 Å². The van der Waals surface area contributed by atoms with Crippen LogP contribution in [0.2, 0.25) is 0 Å². The van der Waals surface area contributed by atoms with Gasteiger partial charge in [0.1, 0.15) is 0 Å². The molecule has 2 N–H and O–H groups in total. The molecular weight excluding hydrogens is 350 g/mol. The molecule has 1 aliphatic carbocycles. The van der Waals surface area contributed by atoms with Crippen LogP contribution in [0.15, 0.2) is 42.9 Å². The maximum Gasteiger partial charge on any atom is 0.272 e. The second-order valence-electron chi connectivity index (χ2n) is 6.10. The molecule has 0 unspecified atom stereocenters. The summed E-state index contributed by atoms with van der Waals surface area (Å²) < 4.78 is 7.82. The molecule has 3 aromatic heterocycles. The summed E-state index contributed by atoms with van der Waals surface area (Å²) in [5.74, 6) is 0.409. The largest absolute Gasteiger partial charge is 0.351 e. The minimum Gasteiger partial charge on any atom is -0.351 e. The molecule has 3 heterocycles. The molecule has 8 nitrogen and oxygen atoms in total. The van der Waals surface area contributed by atoms with E-state index in [4.69, 9.17) is 0 Å². The lowest BCUT2D eigenvalue weighted by Crippen LogP contribution is -2.34. The van der Waals surface area contributed by atoms with Crippen LogP contribution in [-0.2, 0) is 0 Å². The van der Waals surface area contributed by atoms with Gasteiger partial charge in [0.2, 0.25) is 5.95 Å². The third-order valence-electron chi connectivity index (χ3n) is 4.28. The Labute approximate surface area is 154 Å². The molecule has 0 saturated heterocycles. The van der Waals surface area contributed by atoms with Gasteiger partial charge in [0.15, 0.2) is 5.69 Å².